The lowest BCUT2D eigenvalue weighted by atomic mass is 9.92. The number of benzene rings is 1. The van der Waals surface area contributed by atoms with Crippen LogP contribution in [0.5, 0.6) is 0 Å². The molecule has 0 spiro atoms. The maximum absolute atomic E-state index is 13.3. The number of amides is 1. The van der Waals surface area contributed by atoms with Crippen LogP contribution in [-0.2, 0) is 9.59 Å². The van der Waals surface area contributed by atoms with Crippen molar-refractivity contribution in [1.82, 2.24) is 9.58 Å². The number of rotatable bonds is 4. The largest absolute Gasteiger partial charge is 0.542 e. The van der Waals surface area contributed by atoms with Gasteiger partial charge >= 0.3 is 12.1 Å². The number of alkyl halides is 4. The van der Waals surface area contributed by atoms with Gasteiger partial charge in [-0.25, -0.2) is 4.39 Å². The maximum Gasteiger partial charge on any atom is 0.430 e. The quantitative estimate of drug-likeness (QED) is 0.660. The third-order valence-corrected chi connectivity index (χ3v) is 4.94. The molecular weight excluding hydrogens is 436 g/mol. The van der Waals surface area contributed by atoms with Gasteiger partial charge in [-0.1, -0.05) is 23.7 Å². The van der Waals surface area contributed by atoms with Crippen molar-refractivity contribution in [1.29, 1.82) is 0 Å². The first kappa shape index (κ1) is 25.0. The molecule has 0 unspecified atom stereocenters. The van der Waals surface area contributed by atoms with E-state index in [-0.39, 0.29) is 24.3 Å². The minimum atomic E-state index is -5.19. The van der Waals surface area contributed by atoms with Gasteiger partial charge in [0.25, 0.3) is 0 Å². The van der Waals surface area contributed by atoms with Crippen molar-refractivity contribution in [2.24, 2.45) is 5.73 Å². The standard InChI is InChI=1S/C18H21FN4O2.C2HF3O2/c1-12(16(20)18(25)22-10-7-15(19)11-22)13-3-5-14(6-4-13)17(24)23-9-2-8-21-23;3-2(4,5)1(6)7/h2-6,8-9,12,15-16H,7,10-11,20H2,1H3;(H,6,7)/t12-,15-,16-;/m0./s1. The number of H-pyrrole nitrogens is 1. The van der Waals surface area contributed by atoms with Crippen molar-refractivity contribution in [3.8, 4) is 0 Å². The summed E-state index contributed by atoms with van der Waals surface area (Å²) in [7, 11) is 0. The van der Waals surface area contributed by atoms with E-state index in [2.05, 4.69) is 5.10 Å². The molecule has 1 amide bonds. The van der Waals surface area contributed by atoms with Gasteiger partial charge in [0.1, 0.15) is 12.1 Å². The Bertz CT molecular complexity index is 932. The number of carboxylic acid groups (broad SMARTS) is 1. The molecule has 3 N–H and O–H groups in total. The van der Waals surface area contributed by atoms with E-state index in [4.69, 9.17) is 15.6 Å². The molecule has 12 heteroatoms. The lowest BCUT2D eigenvalue weighted by Gasteiger charge is -2.25. The van der Waals surface area contributed by atoms with Crippen LogP contribution >= 0.6 is 0 Å². The molecule has 0 bridgehead atoms. The summed E-state index contributed by atoms with van der Waals surface area (Å²) in [5, 5.41) is 11.6. The van der Waals surface area contributed by atoms with E-state index in [1.54, 1.807) is 42.7 Å². The summed E-state index contributed by atoms with van der Waals surface area (Å²) in [5.74, 6) is -3.63. The Morgan fingerprint density at radius 3 is 2.25 bits per heavy atom. The molecule has 3 atom stereocenters. The van der Waals surface area contributed by atoms with Crippen molar-refractivity contribution in [3.05, 3.63) is 53.9 Å². The molecule has 0 aliphatic carbocycles. The van der Waals surface area contributed by atoms with Gasteiger partial charge in [0.2, 0.25) is 5.91 Å². The lowest BCUT2D eigenvalue weighted by molar-refractivity contribution is -0.471. The number of carbonyl (C=O) groups is 3. The Balaban J connectivity index is 0.000000451. The summed E-state index contributed by atoms with van der Waals surface area (Å²) in [6.45, 7) is 2.41. The van der Waals surface area contributed by atoms with Crippen LogP contribution in [0.15, 0.2) is 42.7 Å². The number of aromatic nitrogens is 2. The highest BCUT2D eigenvalue weighted by molar-refractivity contribution is 5.94. The highest BCUT2D eigenvalue weighted by Crippen LogP contribution is 2.22. The average Bonchev–Trinajstić information content (AvgIpc) is 3.43. The molecule has 32 heavy (non-hydrogen) atoms. The first-order valence-electron chi connectivity index (χ1n) is 9.58. The molecule has 1 aromatic carbocycles. The molecule has 2 heterocycles. The SMILES string of the molecule is C[C@@H](c1ccc(C(=O)n2ccc[nH+]2)cc1)[C@H](N)C(=O)N1CC[C@H](F)C1.O=C([O-])C(F)(F)F. The number of nitrogens with one attached hydrogen (secondary N) is 1. The van der Waals surface area contributed by atoms with Gasteiger partial charge in [-0.15, -0.1) is 5.10 Å². The number of hydrogen-bond acceptors (Lipinski definition) is 5. The maximum atomic E-state index is 13.3. The second kappa shape index (κ2) is 10.4. The molecule has 174 valence electrons. The Morgan fingerprint density at radius 2 is 1.81 bits per heavy atom. The van der Waals surface area contributed by atoms with E-state index in [1.807, 2.05) is 6.92 Å². The van der Waals surface area contributed by atoms with Crippen LogP contribution in [-0.4, -0.2) is 58.8 Å². The van der Waals surface area contributed by atoms with Crippen molar-refractivity contribution >= 4 is 17.8 Å². The number of aromatic amines is 1. The number of carboxylic acids is 1. The molecule has 8 nitrogen and oxygen atoms in total. The second-order valence-electron chi connectivity index (χ2n) is 7.20. The zero-order valence-electron chi connectivity index (χ0n) is 17.0. The summed E-state index contributed by atoms with van der Waals surface area (Å²) in [5.41, 5.74) is 7.50. The Morgan fingerprint density at radius 1 is 1.22 bits per heavy atom. The number of carbonyl (C=O) groups excluding carboxylic acids is 3. The summed E-state index contributed by atoms with van der Waals surface area (Å²) in [4.78, 5) is 34.9. The van der Waals surface area contributed by atoms with Crippen LogP contribution in [0.25, 0.3) is 0 Å². The van der Waals surface area contributed by atoms with Crippen LogP contribution in [0.4, 0.5) is 17.6 Å². The predicted molar refractivity (Wildman–Crippen MR) is 101 cm³/mol. The Kier molecular flexibility index (Phi) is 8.08. The molecule has 1 aliphatic heterocycles. The zero-order valence-corrected chi connectivity index (χ0v) is 17.0. The monoisotopic (exact) mass is 458 g/mol. The third-order valence-electron chi connectivity index (χ3n) is 4.94. The minimum absolute atomic E-state index is 0.125. The fraction of sp³-hybridized carbons (Fsp3) is 0.400. The van der Waals surface area contributed by atoms with E-state index in [9.17, 15) is 27.2 Å². The van der Waals surface area contributed by atoms with E-state index < -0.39 is 24.4 Å². The predicted octanol–water partition coefficient (Wildman–Crippen LogP) is 0.291. The molecule has 1 aliphatic rings. The fourth-order valence-corrected chi connectivity index (χ4v) is 3.04. The van der Waals surface area contributed by atoms with Gasteiger partial charge in [-0.05, 0) is 24.1 Å². The van der Waals surface area contributed by atoms with Gasteiger partial charge < -0.3 is 20.5 Å². The van der Waals surface area contributed by atoms with Crippen LogP contribution in [0, 0.1) is 0 Å². The number of halogens is 4. The summed E-state index contributed by atoms with van der Waals surface area (Å²) >= 11 is 0. The third kappa shape index (κ3) is 6.36. The zero-order chi connectivity index (χ0) is 24.1. The van der Waals surface area contributed by atoms with Crippen LogP contribution in [0.2, 0.25) is 0 Å². The van der Waals surface area contributed by atoms with Gasteiger partial charge in [-0.2, -0.15) is 13.2 Å². The van der Waals surface area contributed by atoms with E-state index in [0.29, 0.717) is 18.5 Å². The van der Waals surface area contributed by atoms with Crippen LogP contribution in [0.3, 0.4) is 0 Å². The number of nitrogens with two attached hydrogens (primary N) is 1. The van der Waals surface area contributed by atoms with E-state index in [1.165, 1.54) is 9.58 Å². The normalized spacial score (nSPS) is 17.8. The summed E-state index contributed by atoms with van der Waals surface area (Å²) in [6.07, 6.45) is -2.47. The molecule has 3 rings (SSSR count). The van der Waals surface area contributed by atoms with Crippen molar-refractivity contribution in [2.75, 3.05) is 13.1 Å². The van der Waals surface area contributed by atoms with E-state index >= 15 is 0 Å². The van der Waals surface area contributed by atoms with Gasteiger partial charge in [-0.3, -0.25) is 9.59 Å². The number of likely N-dealkylation sites (tertiary alicyclic amines) is 1. The Labute approximate surface area is 180 Å². The van der Waals surface area contributed by atoms with E-state index in [0.717, 1.165) is 5.56 Å². The number of hydrogen-bond donors (Lipinski definition) is 1. The lowest BCUT2D eigenvalue weighted by Crippen LogP contribution is -2.45. The van der Waals surface area contributed by atoms with Gasteiger partial charge in [0.15, 0.2) is 6.20 Å². The number of nitrogens with zero attached hydrogens (tertiary/aromatic N) is 2. The molecule has 0 saturated carbocycles. The van der Waals surface area contributed by atoms with Gasteiger partial charge in [0, 0.05) is 24.1 Å². The van der Waals surface area contributed by atoms with Crippen LogP contribution < -0.4 is 15.9 Å². The first-order chi connectivity index (χ1) is 14.9. The molecule has 1 saturated heterocycles. The highest BCUT2D eigenvalue weighted by atomic mass is 19.4. The molecule has 2 aromatic rings. The molecular formula is C20H22F4N4O4. The highest BCUT2D eigenvalue weighted by Gasteiger charge is 2.32. The number of aliphatic carboxylic acids is 1. The van der Waals surface area contributed by atoms with Crippen molar-refractivity contribution in [3.63, 3.8) is 0 Å². The minimum Gasteiger partial charge on any atom is -0.542 e. The second-order valence-corrected chi connectivity index (χ2v) is 7.20. The molecule has 1 aromatic heterocycles. The van der Waals surface area contributed by atoms with Crippen molar-refractivity contribution in [2.45, 2.75) is 37.7 Å². The molecule has 0 radical (unpaired) electrons. The summed E-state index contributed by atoms with van der Waals surface area (Å²) in [6, 6.07) is 8.04. The first-order valence-corrected chi connectivity index (χ1v) is 9.58. The fourth-order valence-electron chi connectivity index (χ4n) is 3.04. The average molecular weight is 458 g/mol. The molecule has 1 fully saturated rings. The van der Waals surface area contributed by atoms with Gasteiger partial charge in [0.05, 0.1) is 18.8 Å². The topological polar surface area (TPSA) is 123 Å². The van der Waals surface area contributed by atoms with Crippen molar-refractivity contribution < 1.29 is 42.2 Å². The smallest absolute Gasteiger partial charge is 0.430 e. The summed E-state index contributed by atoms with van der Waals surface area (Å²) < 4.78 is 46.2. The Hall–Kier alpha value is -3.28. The van der Waals surface area contributed by atoms with Crippen LogP contribution in [0.1, 0.15) is 35.2 Å².